The Hall–Kier alpha value is -1.28. The van der Waals surface area contributed by atoms with E-state index in [0.717, 1.165) is 0 Å². The first kappa shape index (κ1) is 11.2. The first-order valence-electron chi connectivity index (χ1n) is 5.74. The molecule has 0 aliphatic carbocycles. The van der Waals surface area contributed by atoms with Crippen molar-refractivity contribution in [3.8, 4) is 0 Å². The smallest absolute Gasteiger partial charge is 0.0514 e. The summed E-state index contributed by atoms with van der Waals surface area (Å²) >= 11 is 1.73. The van der Waals surface area contributed by atoms with Crippen LogP contribution in [0.1, 0.15) is 31.4 Å². The fourth-order valence-electron chi connectivity index (χ4n) is 1.84. The first-order valence-corrected chi connectivity index (χ1v) is 6.68. The van der Waals surface area contributed by atoms with Crippen LogP contribution in [-0.4, -0.2) is 0 Å². The maximum atomic E-state index is 3.59. The second-order valence-corrected chi connectivity index (χ2v) is 4.69. The van der Waals surface area contributed by atoms with E-state index in [2.05, 4.69) is 59.4 Å². The van der Waals surface area contributed by atoms with Crippen molar-refractivity contribution in [2.24, 2.45) is 0 Å². The monoisotopic (exact) mass is 231 g/mol. The number of nitrogens with one attached hydrogen (secondary N) is 1. The largest absolute Gasteiger partial charge is 0.378 e. The molecule has 2 rings (SSSR count). The van der Waals surface area contributed by atoms with E-state index in [0.29, 0.717) is 6.04 Å². The van der Waals surface area contributed by atoms with Gasteiger partial charge in [-0.1, -0.05) is 43.7 Å². The van der Waals surface area contributed by atoms with E-state index < -0.39 is 0 Å². The van der Waals surface area contributed by atoms with E-state index in [1.54, 1.807) is 11.3 Å². The van der Waals surface area contributed by atoms with Gasteiger partial charge in [0, 0.05) is 11.1 Å². The van der Waals surface area contributed by atoms with Crippen LogP contribution in [0.25, 0.3) is 0 Å². The summed E-state index contributed by atoms with van der Waals surface area (Å²) in [5.74, 6) is 0. The van der Waals surface area contributed by atoms with Crippen molar-refractivity contribution in [2.75, 3.05) is 5.32 Å². The summed E-state index contributed by atoms with van der Waals surface area (Å²) in [6.45, 7) is 2.23. The molecule has 0 fully saturated rings. The lowest BCUT2D eigenvalue weighted by Gasteiger charge is -2.18. The Morgan fingerprint density at radius 1 is 1.19 bits per heavy atom. The van der Waals surface area contributed by atoms with Crippen LogP contribution >= 0.6 is 11.3 Å². The van der Waals surface area contributed by atoms with Gasteiger partial charge in [0.1, 0.15) is 0 Å². The van der Waals surface area contributed by atoms with E-state index in [1.807, 2.05) is 0 Å². The molecular formula is C14H17NS. The predicted octanol–water partition coefficient (Wildman–Crippen LogP) is 4.70. The van der Waals surface area contributed by atoms with Gasteiger partial charge < -0.3 is 5.32 Å². The minimum absolute atomic E-state index is 0.431. The standard InChI is InChI=1S/C14H17NS/c1-2-6-14(12-7-4-3-5-8-12)15-13-9-10-16-11-13/h3-5,7-11,14-15H,2,6H2,1H3. The molecule has 1 unspecified atom stereocenters. The van der Waals surface area contributed by atoms with Crippen molar-refractivity contribution >= 4 is 17.0 Å². The van der Waals surface area contributed by atoms with Crippen molar-refractivity contribution in [3.63, 3.8) is 0 Å². The Labute approximate surface area is 101 Å². The molecule has 1 nitrogen and oxygen atoms in total. The molecule has 1 atom stereocenters. The normalized spacial score (nSPS) is 12.3. The zero-order valence-corrected chi connectivity index (χ0v) is 10.3. The highest BCUT2D eigenvalue weighted by Gasteiger charge is 2.09. The topological polar surface area (TPSA) is 12.0 Å². The fraction of sp³-hybridized carbons (Fsp3) is 0.286. The van der Waals surface area contributed by atoms with Crippen molar-refractivity contribution < 1.29 is 0 Å². The van der Waals surface area contributed by atoms with Gasteiger partial charge in [-0.2, -0.15) is 11.3 Å². The van der Waals surface area contributed by atoms with Gasteiger partial charge in [-0.15, -0.1) is 0 Å². The van der Waals surface area contributed by atoms with Gasteiger partial charge in [0.25, 0.3) is 0 Å². The average Bonchev–Trinajstić information content (AvgIpc) is 2.83. The first-order chi connectivity index (χ1) is 7.90. The molecule has 2 heteroatoms. The summed E-state index contributed by atoms with van der Waals surface area (Å²) in [6, 6.07) is 13.2. The average molecular weight is 231 g/mol. The van der Waals surface area contributed by atoms with Crippen LogP contribution in [0.3, 0.4) is 0 Å². The highest BCUT2D eigenvalue weighted by atomic mass is 32.1. The minimum atomic E-state index is 0.431. The molecule has 84 valence electrons. The van der Waals surface area contributed by atoms with Crippen LogP contribution in [0.4, 0.5) is 5.69 Å². The summed E-state index contributed by atoms with van der Waals surface area (Å²) in [5.41, 5.74) is 2.60. The van der Waals surface area contributed by atoms with Gasteiger partial charge >= 0.3 is 0 Å². The number of thiophene rings is 1. The number of hydrogen-bond donors (Lipinski definition) is 1. The minimum Gasteiger partial charge on any atom is -0.378 e. The molecule has 0 aliphatic heterocycles. The van der Waals surface area contributed by atoms with E-state index in [-0.39, 0.29) is 0 Å². The summed E-state index contributed by atoms with van der Waals surface area (Å²) in [4.78, 5) is 0. The highest BCUT2D eigenvalue weighted by Crippen LogP contribution is 2.24. The second kappa shape index (κ2) is 5.71. The Morgan fingerprint density at radius 3 is 2.62 bits per heavy atom. The van der Waals surface area contributed by atoms with E-state index in [1.165, 1.54) is 24.1 Å². The molecule has 0 bridgehead atoms. The van der Waals surface area contributed by atoms with Crippen molar-refractivity contribution in [3.05, 3.63) is 52.7 Å². The molecule has 0 radical (unpaired) electrons. The summed E-state index contributed by atoms with van der Waals surface area (Å²) in [6.07, 6.45) is 2.36. The Bertz CT molecular complexity index is 394. The molecule has 0 saturated heterocycles. The summed E-state index contributed by atoms with van der Waals surface area (Å²) in [5, 5.41) is 7.85. The quantitative estimate of drug-likeness (QED) is 0.786. The number of hydrogen-bond acceptors (Lipinski definition) is 2. The lowest BCUT2D eigenvalue weighted by atomic mass is 10.0. The number of rotatable bonds is 5. The molecule has 1 N–H and O–H groups in total. The zero-order valence-electron chi connectivity index (χ0n) is 9.52. The molecule has 1 heterocycles. The fourth-order valence-corrected chi connectivity index (χ4v) is 2.44. The summed E-state index contributed by atoms with van der Waals surface area (Å²) < 4.78 is 0. The van der Waals surface area contributed by atoms with Crippen molar-refractivity contribution in [2.45, 2.75) is 25.8 Å². The predicted molar refractivity (Wildman–Crippen MR) is 72.0 cm³/mol. The van der Waals surface area contributed by atoms with Crippen molar-refractivity contribution in [1.29, 1.82) is 0 Å². The second-order valence-electron chi connectivity index (χ2n) is 3.91. The SMILES string of the molecule is CCCC(Nc1ccsc1)c1ccccc1. The van der Waals surface area contributed by atoms with Crippen molar-refractivity contribution in [1.82, 2.24) is 0 Å². The van der Waals surface area contributed by atoms with E-state index in [9.17, 15) is 0 Å². The lowest BCUT2D eigenvalue weighted by Crippen LogP contribution is -2.09. The maximum absolute atomic E-state index is 3.59. The van der Waals surface area contributed by atoms with Crippen LogP contribution in [0, 0.1) is 0 Å². The Morgan fingerprint density at radius 2 is 2.00 bits per heavy atom. The molecule has 1 aromatic heterocycles. The van der Waals surface area contributed by atoms with Crippen LogP contribution < -0.4 is 5.32 Å². The molecule has 0 aliphatic rings. The van der Waals surface area contributed by atoms with E-state index in [4.69, 9.17) is 0 Å². The zero-order chi connectivity index (χ0) is 11.2. The third-order valence-corrected chi connectivity index (χ3v) is 3.32. The number of anilines is 1. The van der Waals surface area contributed by atoms with Crippen LogP contribution in [0.2, 0.25) is 0 Å². The Kier molecular flexibility index (Phi) is 4.00. The third kappa shape index (κ3) is 2.86. The molecule has 0 saturated carbocycles. The molecule has 16 heavy (non-hydrogen) atoms. The molecule has 2 aromatic rings. The van der Waals surface area contributed by atoms with Gasteiger partial charge in [-0.3, -0.25) is 0 Å². The lowest BCUT2D eigenvalue weighted by molar-refractivity contribution is 0.678. The van der Waals surface area contributed by atoms with Gasteiger partial charge in [0.05, 0.1) is 6.04 Å². The van der Waals surface area contributed by atoms with Crippen LogP contribution in [0.5, 0.6) is 0 Å². The Balaban J connectivity index is 2.11. The summed E-state index contributed by atoms with van der Waals surface area (Å²) in [7, 11) is 0. The van der Waals surface area contributed by atoms with Crippen LogP contribution in [-0.2, 0) is 0 Å². The van der Waals surface area contributed by atoms with Gasteiger partial charge in [-0.25, -0.2) is 0 Å². The van der Waals surface area contributed by atoms with Gasteiger partial charge in [0.2, 0.25) is 0 Å². The molecule has 0 amide bonds. The van der Waals surface area contributed by atoms with Gasteiger partial charge in [0.15, 0.2) is 0 Å². The molecule has 0 spiro atoms. The van der Waals surface area contributed by atoms with E-state index >= 15 is 0 Å². The number of benzene rings is 1. The third-order valence-electron chi connectivity index (χ3n) is 2.64. The maximum Gasteiger partial charge on any atom is 0.0514 e. The highest BCUT2D eigenvalue weighted by molar-refractivity contribution is 7.08. The van der Waals surface area contributed by atoms with Gasteiger partial charge in [-0.05, 0) is 23.4 Å². The molecule has 1 aromatic carbocycles. The molecular weight excluding hydrogens is 214 g/mol. The van der Waals surface area contributed by atoms with Crippen LogP contribution in [0.15, 0.2) is 47.2 Å².